The number of esters is 1. The van der Waals surface area contributed by atoms with Crippen molar-refractivity contribution in [1.82, 2.24) is 19.7 Å². The Hall–Kier alpha value is -3.36. The number of hydrogen-bond donors (Lipinski definition) is 1. The summed E-state index contributed by atoms with van der Waals surface area (Å²) in [6, 6.07) is 1.73. The van der Waals surface area contributed by atoms with Crippen LogP contribution in [0.5, 0.6) is 5.75 Å². The fourth-order valence-electron chi connectivity index (χ4n) is 2.37. The van der Waals surface area contributed by atoms with Gasteiger partial charge in [-0.2, -0.15) is 5.10 Å². The molecule has 0 unspecified atom stereocenters. The Balaban J connectivity index is 1.56. The van der Waals surface area contributed by atoms with Gasteiger partial charge in [0.25, 0.3) is 0 Å². The Morgan fingerprint density at radius 2 is 2.26 bits per heavy atom. The molecular formula is C18H21N5O4. The van der Waals surface area contributed by atoms with Crippen molar-refractivity contribution >= 4 is 11.7 Å². The number of aryl methyl sites for hydroxylation is 1. The van der Waals surface area contributed by atoms with Crippen LogP contribution in [0.3, 0.4) is 0 Å². The quantitative estimate of drug-likeness (QED) is 0.452. The third-order valence-corrected chi connectivity index (χ3v) is 3.62. The first-order valence-corrected chi connectivity index (χ1v) is 8.59. The average Bonchev–Trinajstić information content (AvgIpc) is 3.31. The second kappa shape index (κ2) is 8.84. The summed E-state index contributed by atoms with van der Waals surface area (Å²) in [6.07, 6.45) is 8.93. The summed E-state index contributed by atoms with van der Waals surface area (Å²) in [5, 5.41) is 7.36. The fraction of sp³-hybridized carbons (Fsp3) is 0.333. The molecule has 3 aromatic heterocycles. The molecule has 0 spiro atoms. The number of nitrogens with zero attached hydrogens (tertiary/aromatic N) is 4. The second-order valence-corrected chi connectivity index (χ2v) is 5.66. The van der Waals surface area contributed by atoms with Gasteiger partial charge in [0.15, 0.2) is 5.69 Å². The molecule has 0 aliphatic rings. The molecule has 0 saturated heterocycles. The first-order chi connectivity index (χ1) is 13.2. The summed E-state index contributed by atoms with van der Waals surface area (Å²) in [7, 11) is 1.87. The summed E-state index contributed by atoms with van der Waals surface area (Å²) in [5.41, 5.74) is 1.71. The topological polar surface area (TPSA) is 104 Å². The van der Waals surface area contributed by atoms with E-state index < -0.39 is 5.97 Å². The van der Waals surface area contributed by atoms with Gasteiger partial charge in [-0.25, -0.2) is 9.78 Å². The maximum atomic E-state index is 11.7. The smallest absolute Gasteiger partial charge is 0.360 e. The van der Waals surface area contributed by atoms with Crippen molar-refractivity contribution in [2.75, 3.05) is 25.1 Å². The third kappa shape index (κ3) is 4.84. The summed E-state index contributed by atoms with van der Waals surface area (Å²) < 4.78 is 17.9. The molecule has 0 amide bonds. The van der Waals surface area contributed by atoms with Crippen LogP contribution >= 0.6 is 0 Å². The Labute approximate surface area is 156 Å². The van der Waals surface area contributed by atoms with Crippen molar-refractivity contribution in [1.29, 1.82) is 0 Å². The number of rotatable bonds is 9. The zero-order valence-electron chi connectivity index (χ0n) is 15.2. The largest absolute Gasteiger partial charge is 0.491 e. The van der Waals surface area contributed by atoms with Crippen LogP contribution in [0.25, 0.3) is 11.5 Å². The van der Waals surface area contributed by atoms with Crippen LogP contribution < -0.4 is 10.1 Å². The fourth-order valence-corrected chi connectivity index (χ4v) is 2.37. The number of hydrogen-bond acceptors (Lipinski definition) is 8. The highest BCUT2D eigenvalue weighted by Crippen LogP contribution is 2.28. The summed E-state index contributed by atoms with van der Waals surface area (Å²) in [4.78, 5) is 20.0. The predicted octanol–water partition coefficient (Wildman–Crippen LogP) is 2.53. The van der Waals surface area contributed by atoms with Crippen LogP contribution in [0.15, 0.2) is 41.5 Å². The van der Waals surface area contributed by atoms with Crippen molar-refractivity contribution in [3.63, 3.8) is 0 Å². The molecule has 3 rings (SSSR count). The molecule has 1 N–H and O–H groups in total. The number of carbonyl (C=O) groups excluding carboxylic acids is 1. The van der Waals surface area contributed by atoms with E-state index in [2.05, 4.69) is 20.4 Å². The Morgan fingerprint density at radius 1 is 1.37 bits per heavy atom. The molecular weight excluding hydrogens is 350 g/mol. The molecule has 3 heterocycles. The highest BCUT2D eigenvalue weighted by Gasteiger charge is 2.17. The number of anilines is 1. The van der Waals surface area contributed by atoms with Crippen LogP contribution in [0.4, 0.5) is 5.69 Å². The summed E-state index contributed by atoms with van der Waals surface area (Å²) in [6.45, 7) is 3.24. The molecule has 0 atom stereocenters. The maximum Gasteiger partial charge on any atom is 0.360 e. The molecule has 0 aliphatic heterocycles. The summed E-state index contributed by atoms with van der Waals surface area (Å²) in [5.74, 6) is 0.297. The monoisotopic (exact) mass is 371 g/mol. The standard InChI is InChI=1S/C18H21N5O4/c1-3-25-18(24)15-12-27-17(22-15)14-5-7-19-10-16(14)26-8-4-6-20-13-9-21-23(2)11-13/h5,7,9-12,20H,3-4,6,8H2,1-2H3. The average molecular weight is 371 g/mol. The van der Waals surface area contributed by atoms with Crippen LogP contribution in [-0.4, -0.2) is 45.5 Å². The van der Waals surface area contributed by atoms with Gasteiger partial charge in [-0.05, 0) is 19.4 Å². The lowest BCUT2D eigenvalue weighted by atomic mass is 10.2. The van der Waals surface area contributed by atoms with Gasteiger partial charge in [-0.1, -0.05) is 0 Å². The number of nitrogens with one attached hydrogen (secondary N) is 1. The number of oxazole rings is 1. The Kier molecular flexibility index (Phi) is 6.03. The van der Waals surface area contributed by atoms with E-state index in [0.29, 0.717) is 17.9 Å². The number of ether oxygens (including phenoxy) is 2. The molecule has 9 nitrogen and oxygen atoms in total. The van der Waals surface area contributed by atoms with E-state index in [0.717, 1.165) is 18.7 Å². The Morgan fingerprint density at radius 3 is 3.04 bits per heavy atom. The lowest BCUT2D eigenvalue weighted by Gasteiger charge is -2.09. The predicted molar refractivity (Wildman–Crippen MR) is 97.5 cm³/mol. The van der Waals surface area contributed by atoms with Crippen molar-refractivity contribution in [2.24, 2.45) is 7.05 Å². The van der Waals surface area contributed by atoms with Crippen LogP contribution in [0, 0.1) is 0 Å². The van der Waals surface area contributed by atoms with Gasteiger partial charge in [0.05, 0.1) is 36.9 Å². The van der Waals surface area contributed by atoms with Crippen LogP contribution in [-0.2, 0) is 11.8 Å². The number of pyridine rings is 1. The molecule has 0 radical (unpaired) electrons. The van der Waals surface area contributed by atoms with Gasteiger partial charge in [0.1, 0.15) is 12.0 Å². The maximum absolute atomic E-state index is 11.7. The van der Waals surface area contributed by atoms with Crippen molar-refractivity contribution in [2.45, 2.75) is 13.3 Å². The van der Waals surface area contributed by atoms with E-state index in [1.165, 1.54) is 6.26 Å². The molecule has 0 saturated carbocycles. The highest BCUT2D eigenvalue weighted by atomic mass is 16.5. The van der Waals surface area contributed by atoms with E-state index in [-0.39, 0.29) is 18.2 Å². The molecule has 9 heteroatoms. The highest BCUT2D eigenvalue weighted by molar-refractivity contribution is 5.87. The summed E-state index contributed by atoms with van der Waals surface area (Å²) >= 11 is 0. The van der Waals surface area contributed by atoms with Gasteiger partial charge >= 0.3 is 5.97 Å². The third-order valence-electron chi connectivity index (χ3n) is 3.62. The van der Waals surface area contributed by atoms with Crippen LogP contribution in [0.2, 0.25) is 0 Å². The normalized spacial score (nSPS) is 10.6. The van der Waals surface area contributed by atoms with E-state index in [9.17, 15) is 4.79 Å². The number of aromatic nitrogens is 4. The van der Waals surface area contributed by atoms with E-state index in [1.54, 1.807) is 36.3 Å². The lowest BCUT2D eigenvalue weighted by Crippen LogP contribution is -2.07. The minimum absolute atomic E-state index is 0.121. The van der Waals surface area contributed by atoms with E-state index >= 15 is 0 Å². The molecule has 142 valence electrons. The molecule has 3 aromatic rings. The lowest BCUT2D eigenvalue weighted by molar-refractivity contribution is 0.0519. The second-order valence-electron chi connectivity index (χ2n) is 5.66. The van der Waals surface area contributed by atoms with Crippen LogP contribution in [0.1, 0.15) is 23.8 Å². The minimum atomic E-state index is -0.523. The first kappa shape index (κ1) is 18.4. The first-order valence-electron chi connectivity index (χ1n) is 8.59. The van der Waals surface area contributed by atoms with Gasteiger partial charge in [-0.3, -0.25) is 9.67 Å². The van der Waals surface area contributed by atoms with Crippen molar-refractivity contribution in [3.05, 3.63) is 42.8 Å². The van der Waals surface area contributed by atoms with E-state index in [1.807, 2.05) is 13.2 Å². The SMILES string of the molecule is CCOC(=O)c1coc(-c2ccncc2OCCCNc2cnn(C)c2)n1. The zero-order valence-corrected chi connectivity index (χ0v) is 15.2. The van der Waals surface area contributed by atoms with E-state index in [4.69, 9.17) is 13.9 Å². The van der Waals surface area contributed by atoms with Gasteiger partial charge < -0.3 is 19.2 Å². The molecule has 0 fully saturated rings. The van der Waals surface area contributed by atoms with Gasteiger partial charge in [0, 0.05) is 26.0 Å². The van der Waals surface area contributed by atoms with Crippen molar-refractivity contribution in [3.8, 4) is 17.2 Å². The zero-order chi connectivity index (χ0) is 19.1. The van der Waals surface area contributed by atoms with Gasteiger partial charge in [0.2, 0.25) is 5.89 Å². The Bertz CT molecular complexity index is 889. The molecule has 0 aliphatic carbocycles. The molecule has 0 bridgehead atoms. The molecule has 0 aromatic carbocycles. The minimum Gasteiger partial charge on any atom is -0.491 e. The molecule has 27 heavy (non-hydrogen) atoms. The van der Waals surface area contributed by atoms with Crippen molar-refractivity contribution < 1.29 is 18.7 Å². The van der Waals surface area contributed by atoms with Gasteiger partial charge in [-0.15, -0.1) is 0 Å². The number of carbonyl (C=O) groups is 1.